The van der Waals surface area contributed by atoms with Crippen molar-refractivity contribution < 1.29 is 0 Å². The van der Waals surface area contributed by atoms with Crippen LogP contribution in [0.3, 0.4) is 0 Å². The molecule has 1 aromatic heterocycles. The molecule has 5 N–H and O–H groups in total. The van der Waals surface area contributed by atoms with Crippen LogP contribution in [0, 0.1) is 0 Å². The Balaban J connectivity index is 3.25. The van der Waals surface area contributed by atoms with Crippen LogP contribution in [0.5, 0.6) is 0 Å². The average Bonchev–Trinajstić information content (AvgIpc) is 2.09. The van der Waals surface area contributed by atoms with E-state index in [4.69, 9.17) is 11.5 Å². The molecule has 0 saturated carbocycles. The summed E-state index contributed by atoms with van der Waals surface area (Å²) >= 11 is 0. The molecule has 0 aliphatic rings. The smallest absolute Gasteiger partial charge is 0.226 e. The number of aromatic nitrogens is 2. The zero-order chi connectivity index (χ0) is 10.0. The highest BCUT2D eigenvalue weighted by molar-refractivity contribution is 5.74. The predicted molar refractivity (Wildman–Crippen MR) is 54.7 cm³/mol. The van der Waals surface area contributed by atoms with Gasteiger partial charge in [0.1, 0.15) is 5.69 Å². The second-order valence-electron chi connectivity index (χ2n) is 2.81. The summed E-state index contributed by atoms with van der Waals surface area (Å²) in [4.78, 5) is 9.87. The lowest BCUT2D eigenvalue weighted by Crippen LogP contribution is -2.16. The fraction of sp³-hybridized carbons (Fsp3) is 0.429. The largest absolute Gasteiger partial charge is 0.393 e. The van der Waals surface area contributed by atoms with Gasteiger partial charge in [-0.25, -0.2) is 0 Å². The lowest BCUT2D eigenvalue weighted by Gasteiger charge is -2.15. The van der Waals surface area contributed by atoms with Gasteiger partial charge in [0.15, 0.2) is 11.6 Å². The van der Waals surface area contributed by atoms with Crippen LogP contribution >= 0.6 is 0 Å². The van der Waals surface area contributed by atoms with Crippen LogP contribution in [0.15, 0.2) is 0 Å². The Morgan fingerprint density at radius 2 is 1.85 bits per heavy atom. The Kier molecular flexibility index (Phi) is 2.41. The van der Waals surface area contributed by atoms with Gasteiger partial charge in [0.2, 0.25) is 5.95 Å². The first kappa shape index (κ1) is 9.37. The highest BCUT2D eigenvalue weighted by Crippen LogP contribution is 2.24. The van der Waals surface area contributed by atoms with E-state index in [1.165, 1.54) is 0 Å². The third-order valence-corrected chi connectivity index (χ3v) is 1.60. The van der Waals surface area contributed by atoms with E-state index in [1.54, 1.807) is 11.9 Å². The zero-order valence-corrected chi connectivity index (χ0v) is 8.00. The first-order chi connectivity index (χ1) is 6.06. The molecule has 1 aromatic rings. The number of rotatable bonds is 2. The molecule has 0 amide bonds. The van der Waals surface area contributed by atoms with Crippen molar-refractivity contribution >= 4 is 23.3 Å². The third-order valence-electron chi connectivity index (χ3n) is 1.60. The molecule has 1 rings (SSSR count). The molecular formula is C7H14N6. The topological polar surface area (TPSA) is 93.1 Å². The van der Waals surface area contributed by atoms with Crippen LogP contribution < -0.4 is 21.7 Å². The molecular weight excluding hydrogens is 168 g/mol. The first-order valence-electron chi connectivity index (χ1n) is 3.84. The van der Waals surface area contributed by atoms with Gasteiger partial charge in [0.25, 0.3) is 0 Å². The van der Waals surface area contributed by atoms with E-state index in [9.17, 15) is 0 Å². The Morgan fingerprint density at radius 1 is 1.23 bits per heavy atom. The van der Waals surface area contributed by atoms with Crippen molar-refractivity contribution in [3.63, 3.8) is 0 Å². The summed E-state index contributed by atoms with van der Waals surface area (Å²) in [6.45, 7) is 0. The van der Waals surface area contributed by atoms with E-state index >= 15 is 0 Å². The van der Waals surface area contributed by atoms with Gasteiger partial charge in [-0.05, 0) is 0 Å². The lowest BCUT2D eigenvalue weighted by molar-refractivity contribution is 1.04. The second kappa shape index (κ2) is 3.34. The monoisotopic (exact) mass is 182 g/mol. The summed E-state index contributed by atoms with van der Waals surface area (Å²) in [5.74, 6) is 1.38. The fourth-order valence-corrected chi connectivity index (χ4v) is 0.927. The Morgan fingerprint density at radius 3 is 2.31 bits per heavy atom. The normalized spacial score (nSPS) is 9.77. The van der Waals surface area contributed by atoms with Crippen LogP contribution in [-0.4, -0.2) is 31.1 Å². The van der Waals surface area contributed by atoms with Gasteiger partial charge in [-0.3, -0.25) is 0 Å². The molecule has 0 unspecified atom stereocenters. The molecule has 6 nitrogen and oxygen atoms in total. The molecule has 0 saturated heterocycles. The van der Waals surface area contributed by atoms with E-state index in [1.807, 2.05) is 14.1 Å². The summed E-state index contributed by atoms with van der Waals surface area (Å²) in [6.07, 6.45) is 0. The summed E-state index contributed by atoms with van der Waals surface area (Å²) < 4.78 is 0. The minimum absolute atomic E-state index is 0.294. The van der Waals surface area contributed by atoms with Gasteiger partial charge in [0, 0.05) is 21.1 Å². The van der Waals surface area contributed by atoms with Crippen molar-refractivity contribution in [3.05, 3.63) is 0 Å². The van der Waals surface area contributed by atoms with Gasteiger partial charge < -0.3 is 21.7 Å². The molecule has 0 radical (unpaired) electrons. The van der Waals surface area contributed by atoms with Crippen molar-refractivity contribution in [2.45, 2.75) is 0 Å². The fourth-order valence-electron chi connectivity index (χ4n) is 0.927. The summed E-state index contributed by atoms with van der Waals surface area (Å²) in [6, 6.07) is 0. The quantitative estimate of drug-likeness (QED) is 0.584. The molecule has 72 valence electrons. The van der Waals surface area contributed by atoms with Gasteiger partial charge >= 0.3 is 0 Å². The van der Waals surface area contributed by atoms with Gasteiger partial charge in [-0.15, -0.1) is 0 Å². The number of hydrogen-bond acceptors (Lipinski definition) is 6. The maximum absolute atomic E-state index is 5.69. The Bertz CT molecular complexity index is 308. The van der Waals surface area contributed by atoms with Crippen LogP contribution in [0.2, 0.25) is 0 Å². The molecule has 0 spiro atoms. The van der Waals surface area contributed by atoms with Crippen LogP contribution in [0.1, 0.15) is 0 Å². The molecule has 0 bridgehead atoms. The molecule has 0 aliphatic carbocycles. The summed E-state index contributed by atoms with van der Waals surface area (Å²) in [5, 5.41) is 2.81. The zero-order valence-electron chi connectivity index (χ0n) is 8.00. The highest BCUT2D eigenvalue weighted by Gasteiger charge is 2.09. The maximum atomic E-state index is 5.69. The van der Waals surface area contributed by atoms with Gasteiger partial charge in [0.05, 0.1) is 0 Å². The number of nitrogen functional groups attached to an aromatic ring is 2. The third kappa shape index (κ3) is 1.71. The van der Waals surface area contributed by atoms with Crippen molar-refractivity contribution in [3.8, 4) is 0 Å². The predicted octanol–water partition coefficient (Wildman–Crippen LogP) is -0.251. The van der Waals surface area contributed by atoms with Crippen LogP contribution in [0.4, 0.5) is 23.3 Å². The van der Waals surface area contributed by atoms with Crippen molar-refractivity contribution in [1.29, 1.82) is 0 Å². The van der Waals surface area contributed by atoms with E-state index in [2.05, 4.69) is 15.3 Å². The van der Waals surface area contributed by atoms with E-state index < -0.39 is 0 Å². The van der Waals surface area contributed by atoms with Crippen molar-refractivity contribution in [2.75, 3.05) is 42.8 Å². The van der Waals surface area contributed by atoms with E-state index in [0.717, 1.165) is 0 Å². The highest BCUT2D eigenvalue weighted by atomic mass is 15.2. The number of nitrogens with two attached hydrogens (primary N) is 2. The maximum Gasteiger partial charge on any atom is 0.226 e. The molecule has 13 heavy (non-hydrogen) atoms. The standard InChI is InChI=1S/C7H14N6/c1-10-7-11-5(9)4(8)6(12-7)13(2)3/h8H2,1-3H3,(H3,9,10,11,12). The average molecular weight is 182 g/mol. The minimum atomic E-state index is 0.294. The van der Waals surface area contributed by atoms with Crippen molar-refractivity contribution in [1.82, 2.24) is 9.97 Å². The number of anilines is 4. The molecule has 1 heterocycles. The SMILES string of the molecule is CNc1nc(N)c(N)c(N(C)C)n1. The number of nitrogens with one attached hydrogen (secondary N) is 1. The van der Waals surface area contributed by atoms with Crippen LogP contribution in [0.25, 0.3) is 0 Å². The molecule has 0 fully saturated rings. The van der Waals surface area contributed by atoms with Crippen molar-refractivity contribution in [2.24, 2.45) is 0 Å². The molecule has 6 heteroatoms. The van der Waals surface area contributed by atoms with E-state index in [-0.39, 0.29) is 0 Å². The second-order valence-corrected chi connectivity index (χ2v) is 2.81. The number of nitrogens with zero attached hydrogens (tertiary/aromatic N) is 3. The van der Waals surface area contributed by atoms with Gasteiger partial charge in [-0.1, -0.05) is 0 Å². The van der Waals surface area contributed by atoms with Gasteiger partial charge in [-0.2, -0.15) is 9.97 Å². The first-order valence-corrected chi connectivity index (χ1v) is 3.84. The van der Waals surface area contributed by atoms with Crippen LogP contribution in [-0.2, 0) is 0 Å². The lowest BCUT2D eigenvalue weighted by atomic mass is 10.4. The molecule has 0 aromatic carbocycles. The Labute approximate surface area is 77.0 Å². The Hall–Kier alpha value is -1.72. The minimum Gasteiger partial charge on any atom is -0.393 e. The molecule has 0 atom stereocenters. The number of hydrogen-bond donors (Lipinski definition) is 3. The molecule has 0 aliphatic heterocycles. The summed E-state index contributed by atoms with van der Waals surface area (Å²) in [5.41, 5.74) is 11.7. The summed E-state index contributed by atoms with van der Waals surface area (Å²) in [7, 11) is 5.42. The van der Waals surface area contributed by atoms with E-state index in [0.29, 0.717) is 23.3 Å².